The number of ether oxygens (including phenoxy) is 1. The maximum absolute atomic E-state index is 12.8. The maximum atomic E-state index is 12.8. The molecule has 1 aliphatic rings. The first-order chi connectivity index (χ1) is 14.0. The Morgan fingerprint density at radius 2 is 2.07 bits per heavy atom. The molecular weight excluding hydrogens is 436 g/mol. The molecule has 148 valence electrons. The third-order valence-corrected chi connectivity index (χ3v) is 5.22. The van der Waals surface area contributed by atoms with Crippen molar-refractivity contribution in [1.82, 2.24) is 15.5 Å². The lowest BCUT2D eigenvalue weighted by molar-refractivity contribution is -0.120. The predicted molar refractivity (Wildman–Crippen MR) is 112 cm³/mol. The van der Waals surface area contributed by atoms with E-state index in [0.717, 1.165) is 15.7 Å². The highest BCUT2D eigenvalue weighted by molar-refractivity contribution is 9.10. The van der Waals surface area contributed by atoms with Gasteiger partial charge < -0.3 is 15.0 Å². The zero-order chi connectivity index (χ0) is 20.4. The van der Waals surface area contributed by atoms with Gasteiger partial charge in [0, 0.05) is 23.6 Å². The second kappa shape index (κ2) is 8.08. The highest BCUT2D eigenvalue weighted by Gasteiger charge is 2.31. The van der Waals surface area contributed by atoms with Crippen molar-refractivity contribution in [3.05, 3.63) is 76.0 Å². The van der Waals surface area contributed by atoms with E-state index in [1.807, 2.05) is 36.4 Å². The van der Waals surface area contributed by atoms with Gasteiger partial charge in [0.1, 0.15) is 24.1 Å². The Hall–Kier alpha value is -3.13. The summed E-state index contributed by atoms with van der Waals surface area (Å²) in [4.78, 5) is 27.0. The largest absolute Gasteiger partial charge is 0.489 e. The van der Waals surface area contributed by atoms with Gasteiger partial charge in [0.15, 0.2) is 0 Å². The van der Waals surface area contributed by atoms with Crippen molar-refractivity contribution in [1.29, 1.82) is 0 Å². The minimum atomic E-state index is -0.812. The molecular formula is C21H19BrN4O3. The summed E-state index contributed by atoms with van der Waals surface area (Å²) in [5, 5.41) is 9.70. The van der Waals surface area contributed by atoms with E-state index in [9.17, 15) is 9.59 Å². The number of likely N-dealkylation sites (N-methyl/N-ethyl adjacent to an activating group) is 1. The molecule has 0 aliphatic carbocycles. The fraction of sp³-hybridized carbons (Fsp3) is 0.190. The summed E-state index contributed by atoms with van der Waals surface area (Å²) in [6.07, 6.45) is 0.638. The quantitative estimate of drug-likeness (QED) is 0.634. The van der Waals surface area contributed by atoms with Gasteiger partial charge in [-0.1, -0.05) is 46.3 Å². The lowest BCUT2D eigenvalue weighted by Gasteiger charge is -2.20. The van der Waals surface area contributed by atoms with Crippen LogP contribution in [0.1, 0.15) is 21.7 Å². The van der Waals surface area contributed by atoms with E-state index < -0.39 is 11.9 Å². The van der Waals surface area contributed by atoms with Gasteiger partial charge in [0.2, 0.25) is 0 Å². The van der Waals surface area contributed by atoms with Crippen molar-refractivity contribution in [3.8, 4) is 5.75 Å². The maximum Gasteiger partial charge on any atom is 0.272 e. The van der Waals surface area contributed by atoms with Gasteiger partial charge in [-0.3, -0.25) is 14.7 Å². The van der Waals surface area contributed by atoms with Gasteiger partial charge in [-0.2, -0.15) is 5.10 Å². The Morgan fingerprint density at radius 1 is 1.28 bits per heavy atom. The molecule has 1 aliphatic heterocycles. The number of rotatable bonds is 4. The molecule has 2 aromatic carbocycles. The highest BCUT2D eigenvalue weighted by Crippen LogP contribution is 2.33. The Bertz CT molecular complexity index is 1050. The number of carbonyl (C=O) groups excluding carboxylic acids is 2. The number of anilines is 1. The monoisotopic (exact) mass is 454 g/mol. The third kappa shape index (κ3) is 4.17. The minimum absolute atomic E-state index is 0.0465. The average molecular weight is 455 g/mol. The van der Waals surface area contributed by atoms with Crippen molar-refractivity contribution in [2.75, 3.05) is 18.6 Å². The van der Waals surface area contributed by atoms with E-state index >= 15 is 0 Å². The Balaban J connectivity index is 1.45. The molecule has 3 aromatic rings. The van der Waals surface area contributed by atoms with Gasteiger partial charge in [0.25, 0.3) is 11.8 Å². The van der Waals surface area contributed by atoms with Crippen molar-refractivity contribution >= 4 is 33.4 Å². The van der Waals surface area contributed by atoms with Crippen LogP contribution in [-0.4, -0.2) is 41.7 Å². The van der Waals surface area contributed by atoms with Crippen LogP contribution in [0.5, 0.6) is 5.75 Å². The van der Waals surface area contributed by atoms with Crippen LogP contribution < -0.4 is 15.0 Å². The number of hydrogen-bond donors (Lipinski definition) is 2. The number of nitrogens with one attached hydrogen (secondary N) is 2. The third-order valence-electron chi connectivity index (χ3n) is 4.72. The predicted octanol–water partition coefficient (Wildman–Crippen LogP) is 2.92. The number of fused-ring (bicyclic) bond motifs is 1. The number of aromatic nitrogens is 2. The van der Waals surface area contributed by atoms with Gasteiger partial charge in [-0.05, 0) is 29.8 Å². The molecule has 4 rings (SSSR count). The van der Waals surface area contributed by atoms with E-state index in [4.69, 9.17) is 4.74 Å². The minimum Gasteiger partial charge on any atom is -0.489 e. The van der Waals surface area contributed by atoms with E-state index in [0.29, 0.717) is 17.9 Å². The number of nitrogens with zero attached hydrogens (tertiary/aromatic N) is 2. The lowest BCUT2D eigenvalue weighted by atomic mass is 10.1. The van der Waals surface area contributed by atoms with Crippen LogP contribution in [0.3, 0.4) is 0 Å². The van der Waals surface area contributed by atoms with E-state index in [-0.39, 0.29) is 18.2 Å². The first-order valence-corrected chi connectivity index (χ1v) is 9.89. The number of carbonyl (C=O) groups is 2. The molecule has 0 bridgehead atoms. The first-order valence-electron chi connectivity index (χ1n) is 9.10. The standard InChI is InChI=1S/C21H19BrN4O3/c1-26-18-10-14(22)7-8-19(18)29-12-17(21(26)28)23-20(27)16-11-15(24-25-16)9-13-5-3-2-4-6-13/h2-8,10-11,17H,9,12H2,1H3,(H,23,27)(H,24,25). The molecule has 0 fully saturated rings. The molecule has 0 saturated heterocycles. The Kier molecular flexibility index (Phi) is 5.35. The van der Waals surface area contributed by atoms with Crippen LogP contribution in [0.4, 0.5) is 5.69 Å². The van der Waals surface area contributed by atoms with Gasteiger partial charge >= 0.3 is 0 Å². The molecule has 0 spiro atoms. The van der Waals surface area contributed by atoms with E-state index in [1.165, 1.54) is 4.90 Å². The van der Waals surface area contributed by atoms with Crippen LogP contribution in [0.15, 0.2) is 59.1 Å². The van der Waals surface area contributed by atoms with E-state index in [1.54, 1.807) is 25.2 Å². The van der Waals surface area contributed by atoms with Crippen LogP contribution in [-0.2, 0) is 11.2 Å². The molecule has 0 radical (unpaired) electrons. The van der Waals surface area contributed by atoms with Crippen LogP contribution in [0.2, 0.25) is 0 Å². The molecule has 2 heterocycles. The highest BCUT2D eigenvalue weighted by atomic mass is 79.9. The molecule has 1 atom stereocenters. The molecule has 2 N–H and O–H groups in total. The summed E-state index contributed by atoms with van der Waals surface area (Å²) in [7, 11) is 1.66. The average Bonchev–Trinajstić information content (AvgIpc) is 3.16. The second-order valence-electron chi connectivity index (χ2n) is 6.79. The van der Waals surface area contributed by atoms with Crippen LogP contribution in [0, 0.1) is 0 Å². The number of hydrogen-bond acceptors (Lipinski definition) is 4. The van der Waals surface area contributed by atoms with Gasteiger partial charge in [0.05, 0.1) is 5.69 Å². The summed E-state index contributed by atoms with van der Waals surface area (Å²) in [5.74, 6) is -0.0935. The van der Waals surface area contributed by atoms with E-state index in [2.05, 4.69) is 31.4 Å². The SMILES string of the molecule is CN1C(=O)C(NC(=O)c2cc(Cc3ccccc3)[nH]n2)COc2ccc(Br)cc21. The number of H-pyrrole nitrogens is 1. The fourth-order valence-electron chi connectivity index (χ4n) is 3.19. The summed E-state index contributed by atoms with van der Waals surface area (Å²) < 4.78 is 6.59. The second-order valence-corrected chi connectivity index (χ2v) is 7.70. The van der Waals surface area contributed by atoms with Crippen molar-refractivity contribution in [2.24, 2.45) is 0 Å². The first kappa shape index (κ1) is 19.2. The smallest absolute Gasteiger partial charge is 0.272 e. The van der Waals surface area contributed by atoms with Crippen LogP contribution >= 0.6 is 15.9 Å². The Morgan fingerprint density at radius 3 is 2.86 bits per heavy atom. The number of benzene rings is 2. The van der Waals surface area contributed by atoms with Crippen molar-refractivity contribution < 1.29 is 14.3 Å². The molecule has 8 heteroatoms. The Labute approximate surface area is 176 Å². The summed E-state index contributed by atoms with van der Waals surface area (Å²) in [6, 6.07) is 16.2. The summed E-state index contributed by atoms with van der Waals surface area (Å²) in [5.41, 5.74) is 2.81. The fourth-order valence-corrected chi connectivity index (χ4v) is 3.54. The van der Waals surface area contributed by atoms with Crippen molar-refractivity contribution in [2.45, 2.75) is 12.5 Å². The molecule has 7 nitrogen and oxygen atoms in total. The summed E-state index contributed by atoms with van der Waals surface area (Å²) >= 11 is 3.40. The molecule has 2 amide bonds. The van der Waals surface area contributed by atoms with Gasteiger partial charge in [-0.15, -0.1) is 0 Å². The molecule has 1 unspecified atom stereocenters. The summed E-state index contributed by atoms with van der Waals surface area (Å²) in [6.45, 7) is 0.0465. The number of aromatic amines is 1. The van der Waals surface area contributed by atoms with Crippen molar-refractivity contribution in [3.63, 3.8) is 0 Å². The molecule has 29 heavy (non-hydrogen) atoms. The number of halogens is 1. The molecule has 1 aromatic heterocycles. The lowest BCUT2D eigenvalue weighted by Crippen LogP contribution is -2.49. The zero-order valence-electron chi connectivity index (χ0n) is 15.7. The van der Waals surface area contributed by atoms with Gasteiger partial charge in [-0.25, -0.2) is 0 Å². The number of amides is 2. The zero-order valence-corrected chi connectivity index (χ0v) is 17.3. The normalized spacial score (nSPS) is 16.0. The van der Waals surface area contributed by atoms with Crippen LogP contribution in [0.25, 0.3) is 0 Å². The molecule has 0 saturated carbocycles. The topological polar surface area (TPSA) is 87.3 Å².